The Bertz CT molecular complexity index is 148. The molecule has 0 spiro atoms. The molecule has 0 heterocycles. The van der Waals surface area contributed by atoms with E-state index in [9.17, 15) is 0 Å². The summed E-state index contributed by atoms with van der Waals surface area (Å²) in [5, 5.41) is 3.19. The van der Waals surface area contributed by atoms with Crippen molar-refractivity contribution in [2.24, 2.45) is 0 Å². The molecule has 1 nitrogen and oxygen atoms in total. The first-order valence-electron chi connectivity index (χ1n) is 4.30. The predicted molar refractivity (Wildman–Crippen MR) is 51.5 cm³/mol. The van der Waals surface area contributed by atoms with Gasteiger partial charge in [0.05, 0.1) is 0 Å². The first kappa shape index (κ1) is 10.3. The van der Waals surface area contributed by atoms with Gasteiger partial charge in [-0.25, -0.2) is 0 Å². The SMILES string of the molecule is CC/C=C/C(C)=C(/CC)NC. The van der Waals surface area contributed by atoms with E-state index in [0.29, 0.717) is 0 Å². The Labute approximate surface area is 70.2 Å². The van der Waals surface area contributed by atoms with E-state index in [1.54, 1.807) is 0 Å². The fourth-order valence-corrected chi connectivity index (χ4v) is 1.05. The average molecular weight is 153 g/mol. The highest BCUT2D eigenvalue weighted by Crippen LogP contribution is 2.05. The van der Waals surface area contributed by atoms with Crippen LogP contribution in [0.15, 0.2) is 23.4 Å². The standard InChI is InChI=1S/C10H19N/c1-5-7-8-9(3)10(6-2)11-4/h7-8,11H,5-6H2,1-4H3/b8-7+,10-9-. The minimum Gasteiger partial charge on any atom is -0.391 e. The second kappa shape index (κ2) is 6.02. The molecule has 0 atom stereocenters. The molecule has 0 radical (unpaired) electrons. The zero-order valence-electron chi connectivity index (χ0n) is 8.07. The van der Waals surface area contributed by atoms with Gasteiger partial charge in [0.2, 0.25) is 0 Å². The fourth-order valence-electron chi connectivity index (χ4n) is 1.05. The lowest BCUT2D eigenvalue weighted by atomic mass is 10.1. The van der Waals surface area contributed by atoms with E-state index < -0.39 is 0 Å². The van der Waals surface area contributed by atoms with Crippen LogP contribution in [0, 0.1) is 0 Å². The Balaban J connectivity index is 4.22. The first-order valence-corrected chi connectivity index (χ1v) is 4.30. The molecule has 0 bridgehead atoms. The summed E-state index contributed by atoms with van der Waals surface area (Å²) in [5.74, 6) is 0. The van der Waals surface area contributed by atoms with Gasteiger partial charge in [0.1, 0.15) is 0 Å². The zero-order chi connectivity index (χ0) is 8.69. The van der Waals surface area contributed by atoms with E-state index in [1.165, 1.54) is 11.3 Å². The molecule has 0 aliphatic heterocycles. The Morgan fingerprint density at radius 2 is 2.00 bits per heavy atom. The van der Waals surface area contributed by atoms with Crippen LogP contribution in [-0.2, 0) is 0 Å². The number of rotatable bonds is 4. The van der Waals surface area contributed by atoms with Gasteiger partial charge in [0, 0.05) is 12.7 Å². The lowest BCUT2D eigenvalue weighted by Gasteiger charge is -2.05. The van der Waals surface area contributed by atoms with Crippen LogP contribution in [0.4, 0.5) is 0 Å². The highest BCUT2D eigenvalue weighted by atomic mass is 14.8. The normalized spacial score (nSPS) is 13.5. The van der Waals surface area contributed by atoms with Gasteiger partial charge in [-0.2, -0.15) is 0 Å². The monoisotopic (exact) mass is 153 g/mol. The second-order valence-corrected chi connectivity index (χ2v) is 2.58. The molecule has 0 saturated heterocycles. The first-order chi connectivity index (χ1) is 5.26. The van der Waals surface area contributed by atoms with E-state index in [-0.39, 0.29) is 0 Å². The smallest absolute Gasteiger partial charge is 0.0131 e. The van der Waals surface area contributed by atoms with Crippen molar-refractivity contribution >= 4 is 0 Å². The van der Waals surface area contributed by atoms with E-state index in [1.807, 2.05) is 7.05 Å². The van der Waals surface area contributed by atoms with Gasteiger partial charge in [-0.05, 0) is 25.3 Å². The molecular weight excluding hydrogens is 134 g/mol. The molecule has 1 N–H and O–H groups in total. The molecule has 0 aliphatic carbocycles. The number of allylic oxidation sites excluding steroid dienone is 4. The molecule has 0 aliphatic rings. The quantitative estimate of drug-likeness (QED) is 0.612. The van der Waals surface area contributed by atoms with Gasteiger partial charge in [0.25, 0.3) is 0 Å². The van der Waals surface area contributed by atoms with Crippen molar-refractivity contribution in [3.8, 4) is 0 Å². The minimum atomic E-state index is 1.08. The van der Waals surface area contributed by atoms with Gasteiger partial charge in [0.15, 0.2) is 0 Å². The molecule has 11 heavy (non-hydrogen) atoms. The molecule has 0 aromatic heterocycles. The van der Waals surface area contributed by atoms with Crippen LogP contribution >= 0.6 is 0 Å². The van der Waals surface area contributed by atoms with Crippen LogP contribution in [0.2, 0.25) is 0 Å². The minimum absolute atomic E-state index is 1.08. The highest BCUT2D eigenvalue weighted by Gasteiger charge is 1.91. The largest absolute Gasteiger partial charge is 0.391 e. The maximum Gasteiger partial charge on any atom is 0.0131 e. The van der Waals surface area contributed by atoms with E-state index in [0.717, 1.165) is 12.8 Å². The lowest BCUT2D eigenvalue weighted by molar-refractivity contribution is 0.882. The number of hydrogen-bond donors (Lipinski definition) is 1. The van der Waals surface area contributed by atoms with Crippen LogP contribution in [0.3, 0.4) is 0 Å². The molecule has 64 valence electrons. The summed E-state index contributed by atoms with van der Waals surface area (Å²) >= 11 is 0. The highest BCUT2D eigenvalue weighted by molar-refractivity contribution is 5.21. The van der Waals surface area contributed by atoms with E-state index in [2.05, 4.69) is 38.2 Å². The van der Waals surface area contributed by atoms with E-state index in [4.69, 9.17) is 0 Å². The molecule has 0 rings (SSSR count). The van der Waals surface area contributed by atoms with Crippen LogP contribution in [0.1, 0.15) is 33.6 Å². The van der Waals surface area contributed by atoms with Gasteiger partial charge in [-0.15, -0.1) is 0 Å². The third-order valence-corrected chi connectivity index (χ3v) is 1.73. The van der Waals surface area contributed by atoms with E-state index >= 15 is 0 Å². The Hall–Kier alpha value is -0.720. The van der Waals surface area contributed by atoms with Gasteiger partial charge in [-0.3, -0.25) is 0 Å². The molecule has 0 aromatic carbocycles. The van der Waals surface area contributed by atoms with Crippen molar-refractivity contribution in [2.45, 2.75) is 33.6 Å². The molecule has 0 fully saturated rings. The summed E-state index contributed by atoms with van der Waals surface area (Å²) < 4.78 is 0. The summed E-state index contributed by atoms with van der Waals surface area (Å²) in [6.07, 6.45) is 6.55. The topological polar surface area (TPSA) is 12.0 Å². The van der Waals surface area contributed by atoms with Crippen LogP contribution in [-0.4, -0.2) is 7.05 Å². The van der Waals surface area contributed by atoms with Crippen molar-refractivity contribution in [2.75, 3.05) is 7.05 Å². The van der Waals surface area contributed by atoms with Crippen molar-refractivity contribution < 1.29 is 0 Å². The zero-order valence-corrected chi connectivity index (χ0v) is 8.07. The van der Waals surface area contributed by atoms with Gasteiger partial charge >= 0.3 is 0 Å². The molecule has 0 aromatic rings. The van der Waals surface area contributed by atoms with Gasteiger partial charge in [-0.1, -0.05) is 26.0 Å². The van der Waals surface area contributed by atoms with Crippen molar-refractivity contribution in [1.29, 1.82) is 0 Å². The maximum atomic E-state index is 3.19. The third-order valence-electron chi connectivity index (χ3n) is 1.73. The maximum absolute atomic E-state index is 3.19. The summed E-state index contributed by atoms with van der Waals surface area (Å²) in [7, 11) is 1.97. The molecule has 0 amide bonds. The number of nitrogens with one attached hydrogen (secondary N) is 1. The van der Waals surface area contributed by atoms with Crippen molar-refractivity contribution in [3.63, 3.8) is 0 Å². The fraction of sp³-hybridized carbons (Fsp3) is 0.600. The Morgan fingerprint density at radius 3 is 2.36 bits per heavy atom. The summed E-state index contributed by atoms with van der Waals surface area (Å²) in [5.41, 5.74) is 2.67. The van der Waals surface area contributed by atoms with Crippen molar-refractivity contribution in [3.05, 3.63) is 23.4 Å². The summed E-state index contributed by atoms with van der Waals surface area (Å²) in [4.78, 5) is 0. The van der Waals surface area contributed by atoms with Crippen molar-refractivity contribution in [1.82, 2.24) is 5.32 Å². The predicted octanol–water partition coefficient (Wildman–Crippen LogP) is 2.86. The van der Waals surface area contributed by atoms with Crippen LogP contribution < -0.4 is 5.32 Å². The molecule has 0 unspecified atom stereocenters. The summed E-state index contributed by atoms with van der Waals surface area (Å²) in [6, 6.07) is 0. The Morgan fingerprint density at radius 1 is 1.36 bits per heavy atom. The average Bonchev–Trinajstić information content (AvgIpc) is 2.03. The van der Waals surface area contributed by atoms with Crippen LogP contribution in [0.25, 0.3) is 0 Å². The second-order valence-electron chi connectivity index (χ2n) is 2.58. The van der Waals surface area contributed by atoms with Gasteiger partial charge < -0.3 is 5.32 Å². The summed E-state index contributed by atoms with van der Waals surface area (Å²) in [6.45, 7) is 6.45. The molecule has 1 heteroatoms. The molecular formula is C10H19N. The number of hydrogen-bond acceptors (Lipinski definition) is 1. The third kappa shape index (κ3) is 3.87. The Kier molecular flexibility index (Phi) is 5.63. The molecule has 0 saturated carbocycles. The van der Waals surface area contributed by atoms with Crippen LogP contribution in [0.5, 0.6) is 0 Å². The lowest BCUT2D eigenvalue weighted by Crippen LogP contribution is -2.06.